The number of hydrogen-bond acceptors (Lipinski definition) is 8. The van der Waals surface area contributed by atoms with E-state index in [1.165, 1.54) is 11.3 Å². The number of hydrogen-bond donors (Lipinski definition) is 2. The van der Waals surface area contributed by atoms with Crippen LogP contribution in [0, 0.1) is 0 Å². The number of carbonyl (C=O) groups is 2. The Hall–Kier alpha value is -2.53. The van der Waals surface area contributed by atoms with E-state index in [2.05, 4.69) is 27.4 Å². The first kappa shape index (κ1) is 26.1. The van der Waals surface area contributed by atoms with Gasteiger partial charge in [-0.1, -0.05) is 13.0 Å². The summed E-state index contributed by atoms with van der Waals surface area (Å²) in [6, 6.07) is 5.62. The second kappa shape index (κ2) is 12.8. The lowest BCUT2D eigenvalue weighted by Crippen LogP contribution is -2.40. The summed E-state index contributed by atoms with van der Waals surface area (Å²) in [5.74, 6) is -0.547. The van der Waals surface area contributed by atoms with Gasteiger partial charge in [0.2, 0.25) is 0 Å². The minimum Gasteiger partial charge on any atom is -0.383 e. The predicted molar refractivity (Wildman–Crippen MR) is 135 cm³/mol. The minimum atomic E-state index is -0.345. The Kier molecular flexibility index (Phi) is 9.82. The summed E-state index contributed by atoms with van der Waals surface area (Å²) < 4.78 is 10.7. The second-order valence-corrected chi connectivity index (χ2v) is 9.27. The molecule has 0 saturated carbocycles. The molecule has 2 aromatic rings. The number of ether oxygens (including phenoxy) is 2. The number of rotatable bonds is 11. The molecule has 0 radical (unpaired) electrons. The van der Waals surface area contributed by atoms with Gasteiger partial charge in [-0.15, -0.1) is 11.3 Å². The Morgan fingerprint density at radius 1 is 1.35 bits per heavy atom. The number of amides is 2. The van der Waals surface area contributed by atoms with Crippen molar-refractivity contribution >= 4 is 34.0 Å². The first-order chi connectivity index (χ1) is 16.4. The zero-order chi connectivity index (χ0) is 24.5. The number of nitrogens with one attached hydrogen (secondary N) is 2. The summed E-state index contributed by atoms with van der Waals surface area (Å²) in [7, 11) is 3.55. The lowest BCUT2D eigenvalue weighted by atomic mass is 10.1. The molecule has 1 aromatic heterocycles. The standard InChI is InChI=1S/C24H35N5O4S/c1-5-8-25-22(30)19-13-18(15-29-10-12-33-17(2)14-29)6-7-20(19)26-23(31)21-16-34-24(27-21)28(3)9-11-32-4/h6-7,13,16-17H,5,8-12,14-15H2,1-4H3,(H,25,30)(H,26,31)/t17-/m0/s1. The number of anilines is 2. The fraction of sp³-hybridized carbons (Fsp3) is 0.542. The normalized spacial score (nSPS) is 16.3. The molecule has 186 valence electrons. The van der Waals surface area contributed by atoms with Crippen LogP contribution in [0.5, 0.6) is 0 Å². The van der Waals surface area contributed by atoms with Crippen LogP contribution < -0.4 is 15.5 Å². The number of aromatic nitrogens is 1. The lowest BCUT2D eigenvalue weighted by molar-refractivity contribution is -0.0212. The molecule has 1 aliphatic heterocycles. The molecule has 1 aliphatic rings. The second-order valence-electron chi connectivity index (χ2n) is 8.44. The molecular formula is C24H35N5O4S. The van der Waals surface area contributed by atoms with Gasteiger partial charge in [0.25, 0.3) is 11.8 Å². The molecule has 2 N–H and O–H groups in total. The van der Waals surface area contributed by atoms with Crippen molar-refractivity contribution in [2.45, 2.75) is 32.9 Å². The van der Waals surface area contributed by atoms with E-state index < -0.39 is 0 Å². The molecule has 1 aromatic carbocycles. The smallest absolute Gasteiger partial charge is 0.275 e. The number of methoxy groups -OCH3 is 1. The number of likely N-dealkylation sites (N-methyl/N-ethyl adjacent to an activating group) is 1. The van der Waals surface area contributed by atoms with Gasteiger partial charge in [-0.25, -0.2) is 4.98 Å². The number of morpholine rings is 1. The van der Waals surface area contributed by atoms with Crippen LogP contribution in [-0.4, -0.2) is 81.4 Å². The van der Waals surface area contributed by atoms with E-state index in [9.17, 15) is 9.59 Å². The molecule has 3 rings (SSSR count). The summed E-state index contributed by atoms with van der Waals surface area (Å²) >= 11 is 1.39. The fourth-order valence-electron chi connectivity index (χ4n) is 3.67. The molecule has 0 bridgehead atoms. The van der Waals surface area contributed by atoms with Crippen molar-refractivity contribution in [2.75, 3.05) is 63.8 Å². The Balaban J connectivity index is 1.75. The number of benzene rings is 1. The topological polar surface area (TPSA) is 96.0 Å². The summed E-state index contributed by atoms with van der Waals surface area (Å²) in [5.41, 5.74) is 2.26. The maximum Gasteiger partial charge on any atom is 0.275 e. The van der Waals surface area contributed by atoms with Gasteiger partial charge in [-0.3, -0.25) is 14.5 Å². The van der Waals surface area contributed by atoms with E-state index in [0.29, 0.717) is 43.2 Å². The molecule has 34 heavy (non-hydrogen) atoms. The highest BCUT2D eigenvalue weighted by atomic mass is 32.1. The fourth-order valence-corrected chi connectivity index (χ4v) is 4.47. The Morgan fingerprint density at radius 3 is 2.91 bits per heavy atom. The van der Waals surface area contributed by atoms with Crippen LogP contribution in [0.3, 0.4) is 0 Å². The van der Waals surface area contributed by atoms with Crippen LogP contribution in [0.2, 0.25) is 0 Å². The van der Waals surface area contributed by atoms with Gasteiger partial charge in [0, 0.05) is 52.3 Å². The predicted octanol–water partition coefficient (Wildman–Crippen LogP) is 2.84. The van der Waals surface area contributed by atoms with Crippen molar-refractivity contribution in [2.24, 2.45) is 0 Å². The van der Waals surface area contributed by atoms with Crippen LogP contribution in [0.4, 0.5) is 10.8 Å². The molecular weight excluding hydrogens is 454 g/mol. The SMILES string of the molecule is CCCNC(=O)c1cc(CN2CCO[C@@H](C)C2)ccc1NC(=O)c1csc(N(C)CCOC)n1. The number of thiazole rings is 1. The molecule has 10 heteroatoms. The summed E-state index contributed by atoms with van der Waals surface area (Å²) in [6.07, 6.45) is 1.02. The Morgan fingerprint density at radius 2 is 2.18 bits per heavy atom. The quantitative estimate of drug-likeness (QED) is 0.501. The summed E-state index contributed by atoms with van der Waals surface area (Å²) in [6.45, 7) is 9.01. The van der Waals surface area contributed by atoms with Crippen LogP contribution in [0.1, 0.15) is 46.7 Å². The highest BCUT2D eigenvalue weighted by Gasteiger charge is 2.20. The average Bonchev–Trinajstić information content (AvgIpc) is 3.32. The van der Waals surface area contributed by atoms with Crippen LogP contribution >= 0.6 is 11.3 Å². The third-order valence-corrected chi connectivity index (χ3v) is 6.48. The van der Waals surface area contributed by atoms with Crippen molar-refractivity contribution in [3.63, 3.8) is 0 Å². The summed E-state index contributed by atoms with van der Waals surface area (Å²) in [4.78, 5) is 34.5. The maximum absolute atomic E-state index is 12.9. The number of nitrogens with zero attached hydrogens (tertiary/aromatic N) is 3. The first-order valence-electron chi connectivity index (χ1n) is 11.6. The van der Waals surface area contributed by atoms with Gasteiger partial charge in [0.1, 0.15) is 5.69 Å². The average molecular weight is 490 g/mol. The van der Waals surface area contributed by atoms with E-state index in [4.69, 9.17) is 9.47 Å². The van der Waals surface area contributed by atoms with Gasteiger partial charge in [-0.2, -0.15) is 0 Å². The molecule has 1 fully saturated rings. The Bertz CT molecular complexity index is 967. The highest BCUT2D eigenvalue weighted by Crippen LogP contribution is 2.23. The van der Waals surface area contributed by atoms with Crippen molar-refractivity contribution in [1.82, 2.24) is 15.2 Å². The zero-order valence-corrected chi connectivity index (χ0v) is 21.2. The van der Waals surface area contributed by atoms with E-state index >= 15 is 0 Å². The van der Waals surface area contributed by atoms with Crippen LogP contribution in [-0.2, 0) is 16.0 Å². The largest absolute Gasteiger partial charge is 0.383 e. The third-order valence-electron chi connectivity index (χ3n) is 5.53. The Labute approximate surface area is 205 Å². The van der Waals surface area contributed by atoms with E-state index in [0.717, 1.165) is 36.8 Å². The molecule has 2 heterocycles. The molecule has 0 unspecified atom stereocenters. The van der Waals surface area contributed by atoms with Gasteiger partial charge >= 0.3 is 0 Å². The highest BCUT2D eigenvalue weighted by molar-refractivity contribution is 7.13. The van der Waals surface area contributed by atoms with Crippen molar-refractivity contribution in [3.8, 4) is 0 Å². The molecule has 1 saturated heterocycles. The van der Waals surface area contributed by atoms with Crippen molar-refractivity contribution in [1.29, 1.82) is 0 Å². The first-order valence-corrected chi connectivity index (χ1v) is 12.5. The van der Waals surface area contributed by atoms with Crippen LogP contribution in [0.15, 0.2) is 23.6 Å². The van der Waals surface area contributed by atoms with Gasteiger partial charge < -0.3 is 25.0 Å². The van der Waals surface area contributed by atoms with E-state index in [1.54, 1.807) is 18.6 Å². The maximum atomic E-state index is 12.9. The van der Waals surface area contributed by atoms with Gasteiger partial charge in [0.05, 0.1) is 30.6 Å². The monoisotopic (exact) mass is 489 g/mol. The molecule has 0 spiro atoms. The minimum absolute atomic E-state index is 0.191. The van der Waals surface area contributed by atoms with Gasteiger partial charge in [-0.05, 0) is 31.0 Å². The lowest BCUT2D eigenvalue weighted by Gasteiger charge is -2.31. The van der Waals surface area contributed by atoms with E-state index in [1.807, 2.05) is 31.0 Å². The molecule has 1 atom stereocenters. The van der Waals surface area contributed by atoms with Crippen molar-refractivity contribution in [3.05, 3.63) is 40.4 Å². The molecule has 0 aliphatic carbocycles. The molecule has 9 nitrogen and oxygen atoms in total. The molecule has 2 amide bonds. The zero-order valence-electron chi connectivity index (χ0n) is 20.4. The van der Waals surface area contributed by atoms with Crippen LogP contribution in [0.25, 0.3) is 0 Å². The van der Waals surface area contributed by atoms with E-state index in [-0.39, 0.29) is 17.9 Å². The third kappa shape index (κ3) is 7.23. The number of carbonyl (C=O) groups excluding carboxylic acids is 2. The van der Waals surface area contributed by atoms with Gasteiger partial charge in [0.15, 0.2) is 5.13 Å². The van der Waals surface area contributed by atoms with Crippen molar-refractivity contribution < 1.29 is 19.1 Å². The summed E-state index contributed by atoms with van der Waals surface area (Å²) in [5, 5.41) is 8.26.